The molecular weight excluding hydrogens is 400 g/mol. The molecule has 0 aliphatic carbocycles. The Hall–Kier alpha value is -1.92. The molecule has 0 aliphatic heterocycles. The fourth-order valence-electron chi connectivity index (χ4n) is 2.54. The number of nitrogens with zero attached hydrogens (tertiary/aromatic N) is 2. The molecule has 0 amide bonds. The number of aryl methyl sites for hydroxylation is 2. The molecule has 0 bridgehead atoms. The van der Waals surface area contributed by atoms with Gasteiger partial charge in [-0.3, -0.25) is 4.68 Å². The molecule has 0 spiro atoms. The summed E-state index contributed by atoms with van der Waals surface area (Å²) >= 11 is 9.43. The van der Waals surface area contributed by atoms with Crippen LogP contribution in [0.4, 0.5) is 20.3 Å². The number of benzene rings is 2. The number of hydrogen-bond acceptors (Lipinski definition) is 2. The van der Waals surface area contributed by atoms with E-state index in [1.54, 1.807) is 29.9 Å². The summed E-state index contributed by atoms with van der Waals surface area (Å²) in [6.07, 6.45) is 0. The molecule has 0 unspecified atom stereocenters. The first-order chi connectivity index (χ1) is 11.4. The van der Waals surface area contributed by atoms with Crippen molar-refractivity contribution in [2.24, 2.45) is 7.05 Å². The van der Waals surface area contributed by atoms with E-state index in [-0.39, 0.29) is 10.8 Å². The average molecular weight is 413 g/mol. The van der Waals surface area contributed by atoms with Crippen LogP contribution in [0.25, 0.3) is 11.1 Å². The van der Waals surface area contributed by atoms with Crippen molar-refractivity contribution in [3.8, 4) is 11.1 Å². The van der Waals surface area contributed by atoms with E-state index in [1.807, 2.05) is 6.92 Å². The van der Waals surface area contributed by atoms with Crippen molar-refractivity contribution >= 4 is 39.0 Å². The summed E-state index contributed by atoms with van der Waals surface area (Å²) in [5, 5.41) is 7.85. The normalized spacial score (nSPS) is 10.9. The zero-order chi connectivity index (χ0) is 17.4. The minimum absolute atomic E-state index is 0.285. The summed E-state index contributed by atoms with van der Waals surface area (Å²) < 4.78 is 29.1. The van der Waals surface area contributed by atoms with E-state index in [2.05, 4.69) is 26.3 Å². The van der Waals surface area contributed by atoms with Crippen LogP contribution in [0.15, 0.2) is 40.9 Å². The van der Waals surface area contributed by atoms with E-state index < -0.39 is 5.82 Å². The molecule has 24 heavy (non-hydrogen) atoms. The summed E-state index contributed by atoms with van der Waals surface area (Å²) in [7, 11) is 1.77. The van der Waals surface area contributed by atoms with Crippen LogP contribution in [0.2, 0.25) is 5.02 Å². The molecule has 7 heteroatoms. The monoisotopic (exact) mass is 411 g/mol. The van der Waals surface area contributed by atoms with Crippen LogP contribution < -0.4 is 5.32 Å². The molecule has 0 saturated heterocycles. The number of hydrogen-bond donors (Lipinski definition) is 1. The lowest BCUT2D eigenvalue weighted by molar-refractivity contribution is 0.622. The van der Waals surface area contributed by atoms with Crippen LogP contribution in [0.5, 0.6) is 0 Å². The van der Waals surface area contributed by atoms with Gasteiger partial charge in [-0.25, -0.2) is 8.78 Å². The molecule has 0 saturated carbocycles. The highest BCUT2D eigenvalue weighted by atomic mass is 79.9. The average Bonchev–Trinajstić information content (AvgIpc) is 2.78. The van der Waals surface area contributed by atoms with E-state index in [0.717, 1.165) is 11.3 Å². The maximum atomic E-state index is 13.7. The van der Waals surface area contributed by atoms with Gasteiger partial charge in [0.05, 0.1) is 20.9 Å². The van der Waals surface area contributed by atoms with Gasteiger partial charge in [0.2, 0.25) is 0 Å². The Labute approximate surface area is 151 Å². The Kier molecular flexibility index (Phi) is 4.60. The summed E-state index contributed by atoms with van der Waals surface area (Å²) in [5.74, 6) is -0.153. The molecule has 0 fully saturated rings. The smallest absolute Gasteiger partial charge is 0.139 e. The first-order valence-electron chi connectivity index (χ1n) is 7.08. The Morgan fingerprint density at radius 3 is 2.67 bits per heavy atom. The molecule has 124 valence electrons. The van der Waals surface area contributed by atoms with Gasteiger partial charge >= 0.3 is 0 Å². The molecule has 3 nitrogen and oxygen atoms in total. The molecule has 1 heterocycles. The van der Waals surface area contributed by atoms with E-state index in [4.69, 9.17) is 11.6 Å². The van der Waals surface area contributed by atoms with Gasteiger partial charge in [-0.2, -0.15) is 5.10 Å². The molecule has 3 aromatic rings. The summed E-state index contributed by atoms with van der Waals surface area (Å²) in [6, 6.07) is 8.91. The first kappa shape index (κ1) is 16.9. The lowest BCUT2D eigenvalue weighted by Gasteiger charge is -2.13. The summed E-state index contributed by atoms with van der Waals surface area (Å²) in [6.45, 7) is 1.83. The summed E-state index contributed by atoms with van der Waals surface area (Å²) in [4.78, 5) is 0. The third-order valence-electron chi connectivity index (χ3n) is 3.63. The second-order valence-electron chi connectivity index (χ2n) is 5.28. The van der Waals surface area contributed by atoms with Gasteiger partial charge in [-0.05, 0) is 53.2 Å². The molecule has 2 aromatic carbocycles. The van der Waals surface area contributed by atoms with Crippen molar-refractivity contribution in [3.05, 3.63) is 63.2 Å². The summed E-state index contributed by atoms with van der Waals surface area (Å²) in [5.41, 5.74) is 2.66. The fraction of sp³-hybridized carbons (Fsp3) is 0.118. The third kappa shape index (κ3) is 3.03. The van der Waals surface area contributed by atoms with Gasteiger partial charge in [0.1, 0.15) is 17.5 Å². The van der Waals surface area contributed by atoms with Gasteiger partial charge in [-0.1, -0.05) is 17.7 Å². The van der Waals surface area contributed by atoms with E-state index in [0.29, 0.717) is 21.5 Å². The standard InChI is InChI=1S/C17H13BrClF2N3/c1-9-15(11-7-6-10(20)8-12(11)19)17(24(2)23-9)22-14-5-3-4-13(21)16(14)18/h3-8,22H,1-2H3. The second-order valence-corrected chi connectivity index (χ2v) is 6.48. The Balaban J connectivity index is 2.14. The van der Waals surface area contributed by atoms with E-state index >= 15 is 0 Å². The highest BCUT2D eigenvalue weighted by molar-refractivity contribution is 9.10. The predicted molar refractivity (Wildman–Crippen MR) is 95.7 cm³/mol. The van der Waals surface area contributed by atoms with Crippen molar-refractivity contribution in [1.29, 1.82) is 0 Å². The van der Waals surface area contributed by atoms with Crippen molar-refractivity contribution in [2.45, 2.75) is 6.92 Å². The van der Waals surface area contributed by atoms with Crippen LogP contribution in [-0.4, -0.2) is 9.78 Å². The lowest BCUT2D eigenvalue weighted by Crippen LogP contribution is -2.01. The van der Waals surface area contributed by atoms with Crippen molar-refractivity contribution in [3.63, 3.8) is 0 Å². The van der Waals surface area contributed by atoms with Gasteiger partial charge in [0.25, 0.3) is 0 Å². The van der Waals surface area contributed by atoms with E-state index in [1.165, 1.54) is 18.2 Å². The lowest BCUT2D eigenvalue weighted by atomic mass is 10.1. The van der Waals surface area contributed by atoms with Crippen molar-refractivity contribution in [1.82, 2.24) is 9.78 Å². The Bertz CT molecular complexity index is 924. The minimum atomic E-state index is -0.410. The molecule has 1 N–H and O–H groups in total. The molecule has 0 atom stereocenters. The number of rotatable bonds is 3. The third-order valence-corrected chi connectivity index (χ3v) is 4.75. The number of anilines is 2. The quantitative estimate of drug-likeness (QED) is 0.586. The highest BCUT2D eigenvalue weighted by Crippen LogP contribution is 2.38. The van der Waals surface area contributed by atoms with Crippen LogP contribution >= 0.6 is 27.5 Å². The second kappa shape index (κ2) is 6.53. The molecular formula is C17H13BrClF2N3. The first-order valence-corrected chi connectivity index (χ1v) is 8.25. The largest absolute Gasteiger partial charge is 0.339 e. The zero-order valence-electron chi connectivity index (χ0n) is 12.9. The molecule has 0 aliphatic rings. The van der Waals surface area contributed by atoms with Crippen LogP contribution in [-0.2, 0) is 7.05 Å². The van der Waals surface area contributed by atoms with Gasteiger partial charge in [0, 0.05) is 18.2 Å². The van der Waals surface area contributed by atoms with Gasteiger partial charge < -0.3 is 5.32 Å². The topological polar surface area (TPSA) is 29.9 Å². The SMILES string of the molecule is Cc1nn(C)c(Nc2cccc(F)c2Br)c1-c1ccc(F)cc1Cl. The van der Waals surface area contributed by atoms with E-state index in [9.17, 15) is 8.78 Å². The van der Waals surface area contributed by atoms with Crippen LogP contribution in [0.3, 0.4) is 0 Å². The Morgan fingerprint density at radius 1 is 1.21 bits per heavy atom. The maximum absolute atomic E-state index is 13.7. The predicted octanol–water partition coefficient (Wildman–Crippen LogP) is 5.83. The molecule has 3 rings (SSSR count). The van der Waals surface area contributed by atoms with Crippen molar-refractivity contribution < 1.29 is 8.78 Å². The van der Waals surface area contributed by atoms with Crippen LogP contribution in [0.1, 0.15) is 5.69 Å². The highest BCUT2D eigenvalue weighted by Gasteiger charge is 2.19. The zero-order valence-corrected chi connectivity index (χ0v) is 15.2. The van der Waals surface area contributed by atoms with Crippen LogP contribution in [0, 0.1) is 18.6 Å². The Morgan fingerprint density at radius 2 is 1.96 bits per heavy atom. The van der Waals surface area contributed by atoms with Crippen molar-refractivity contribution in [2.75, 3.05) is 5.32 Å². The van der Waals surface area contributed by atoms with Gasteiger partial charge in [0.15, 0.2) is 0 Å². The molecule has 0 radical (unpaired) electrons. The maximum Gasteiger partial charge on any atom is 0.139 e. The number of aromatic nitrogens is 2. The molecule has 1 aromatic heterocycles. The fourth-order valence-corrected chi connectivity index (χ4v) is 3.17. The minimum Gasteiger partial charge on any atom is -0.339 e. The number of nitrogens with one attached hydrogen (secondary N) is 1. The number of halogens is 4. The van der Waals surface area contributed by atoms with Gasteiger partial charge in [-0.15, -0.1) is 0 Å².